The van der Waals surface area contributed by atoms with E-state index in [0.29, 0.717) is 32.1 Å². The monoisotopic (exact) mass is 362 g/mol. The lowest BCUT2D eigenvalue weighted by Crippen LogP contribution is -2.38. The van der Waals surface area contributed by atoms with Crippen LogP contribution in [0.1, 0.15) is 32.9 Å². The molecule has 0 atom stereocenters. The Morgan fingerprint density at radius 2 is 1.96 bits per heavy atom. The summed E-state index contributed by atoms with van der Waals surface area (Å²) in [4.78, 5) is 23.2. The van der Waals surface area contributed by atoms with Crippen LogP contribution in [-0.2, 0) is 19.6 Å². The second-order valence-corrected chi connectivity index (χ2v) is 6.75. The number of anilines is 1. The Labute approximate surface area is 158 Å². The Balaban J connectivity index is 1.46. The van der Waals surface area contributed by atoms with Crippen molar-refractivity contribution in [2.45, 2.75) is 33.5 Å². The molecular weight excluding hydrogens is 340 g/mol. The summed E-state index contributed by atoms with van der Waals surface area (Å²) in [5, 5.41) is 7.79. The minimum absolute atomic E-state index is 0.0843. The van der Waals surface area contributed by atoms with E-state index in [2.05, 4.69) is 20.4 Å². The summed E-state index contributed by atoms with van der Waals surface area (Å²) in [6.45, 7) is 6.53. The van der Waals surface area contributed by atoms with Gasteiger partial charge >= 0.3 is 0 Å². The molecule has 1 amide bonds. The van der Waals surface area contributed by atoms with Crippen molar-refractivity contribution in [2.24, 2.45) is 0 Å². The molecule has 0 saturated heterocycles. The molecule has 0 aliphatic carbocycles. The molecule has 7 nitrogen and oxygen atoms in total. The highest BCUT2D eigenvalue weighted by atomic mass is 16.2. The largest absolute Gasteiger partial charge is 0.348 e. The van der Waals surface area contributed by atoms with Gasteiger partial charge in [0.15, 0.2) is 0 Å². The van der Waals surface area contributed by atoms with Crippen molar-refractivity contribution in [1.29, 1.82) is 0 Å². The summed E-state index contributed by atoms with van der Waals surface area (Å²) < 4.78 is 1.98. The predicted octanol–water partition coefficient (Wildman–Crippen LogP) is 2.56. The average molecular weight is 362 g/mol. The lowest BCUT2D eigenvalue weighted by Gasteiger charge is -2.28. The van der Waals surface area contributed by atoms with Crippen molar-refractivity contribution in [3.8, 4) is 0 Å². The van der Waals surface area contributed by atoms with Crippen LogP contribution in [0.5, 0.6) is 0 Å². The molecule has 1 aliphatic rings. The number of benzene rings is 1. The summed E-state index contributed by atoms with van der Waals surface area (Å²) >= 11 is 0. The zero-order valence-corrected chi connectivity index (χ0v) is 15.5. The standard InChI is InChI=1S/C20H22N6O/c1-14-5-3-6-18(15(14)2)19(27)25-9-10-26-17(13-25)11-16(24-26)12-23-20-21-7-4-8-22-20/h3-8,11H,9-10,12-13H2,1-2H3,(H,21,22,23). The first-order chi connectivity index (χ1) is 13.1. The van der Waals surface area contributed by atoms with E-state index in [1.165, 1.54) is 0 Å². The van der Waals surface area contributed by atoms with Gasteiger partial charge in [-0.25, -0.2) is 9.97 Å². The van der Waals surface area contributed by atoms with Crippen LogP contribution in [0.3, 0.4) is 0 Å². The Morgan fingerprint density at radius 1 is 1.15 bits per heavy atom. The summed E-state index contributed by atoms with van der Waals surface area (Å²) in [5.41, 5.74) is 4.93. The topological polar surface area (TPSA) is 75.9 Å². The van der Waals surface area contributed by atoms with E-state index in [9.17, 15) is 4.79 Å². The molecular formula is C20H22N6O. The van der Waals surface area contributed by atoms with E-state index < -0.39 is 0 Å². The Hall–Kier alpha value is -3.22. The van der Waals surface area contributed by atoms with Crippen molar-refractivity contribution in [3.05, 3.63) is 70.8 Å². The van der Waals surface area contributed by atoms with E-state index in [1.54, 1.807) is 18.5 Å². The molecule has 1 aliphatic heterocycles. The highest BCUT2D eigenvalue weighted by molar-refractivity contribution is 5.96. The molecule has 0 unspecified atom stereocenters. The fourth-order valence-electron chi connectivity index (χ4n) is 3.30. The fourth-order valence-corrected chi connectivity index (χ4v) is 3.30. The molecule has 0 radical (unpaired) electrons. The number of carbonyl (C=O) groups is 1. The molecule has 1 N–H and O–H groups in total. The molecule has 0 saturated carbocycles. The van der Waals surface area contributed by atoms with Crippen LogP contribution in [0.15, 0.2) is 42.7 Å². The summed E-state index contributed by atoms with van der Waals surface area (Å²) in [5.74, 6) is 0.663. The van der Waals surface area contributed by atoms with Crippen LogP contribution in [0.25, 0.3) is 0 Å². The molecule has 27 heavy (non-hydrogen) atoms. The number of aryl methyl sites for hydroxylation is 1. The van der Waals surface area contributed by atoms with Gasteiger partial charge in [0.2, 0.25) is 5.95 Å². The first-order valence-electron chi connectivity index (χ1n) is 9.04. The molecule has 4 rings (SSSR count). The van der Waals surface area contributed by atoms with Gasteiger partial charge in [-0.2, -0.15) is 5.10 Å². The molecule has 3 heterocycles. The number of rotatable bonds is 4. The number of fused-ring (bicyclic) bond motifs is 1. The number of hydrogen-bond donors (Lipinski definition) is 1. The van der Waals surface area contributed by atoms with Gasteiger partial charge in [0, 0.05) is 24.5 Å². The highest BCUT2D eigenvalue weighted by Crippen LogP contribution is 2.20. The van der Waals surface area contributed by atoms with Gasteiger partial charge < -0.3 is 10.2 Å². The predicted molar refractivity (Wildman–Crippen MR) is 102 cm³/mol. The maximum Gasteiger partial charge on any atom is 0.254 e. The summed E-state index contributed by atoms with van der Waals surface area (Å²) in [7, 11) is 0. The van der Waals surface area contributed by atoms with Gasteiger partial charge in [-0.1, -0.05) is 12.1 Å². The van der Waals surface area contributed by atoms with Crippen molar-refractivity contribution in [2.75, 3.05) is 11.9 Å². The number of hydrogen-bond acceptors (Lipinski definition) is 5. The second-order valence-electron chi connectivity index (χ2n) is 6.75. The third kappa shape index (κ3) is 3.53. The number of carbonyl (C=O) groups excluding carboxylic acids is 1. The minimum Gasteiger partial charge on any atom is -0.348 e. The van der Waals surface area contributed by atoms with E-state index in [0.717, 1.165) is 28.1 Å². The Morgan fingerprint density at radius 3 is 2.78 bits per heavy atom. The number of nitrogens with one attached hydrogen (secondary N) is 1. The fraction of sp³-hybridized carbons (Fsp3) is 0.300. The van der Waals surface area contributed by atoms with E-state index in [4.69, 9.17) is 0 Å². The molecule has 0 fully saturated rings. The molecule has 138 valence electrons. The summed E-state index contributed by atoms with van der Waals surface area (Å²) in [6.07, 6.45) is 3.40. The zero-order chi connectivity index (χ0) is 18.8. The van der Waals surface area contributed by atoms with Crippen LogP contribution < -0.4 is 5.32 Å². The SMILES string of the molecule is Cc1cccc(C(=O)N2CCn3nc(CNc4ncccn4)cc3C2)c1C. The Bertz CT molecular complexity index is 966. The quantitative estimate of drug-likeness (QED) is 0.772. The zero-order valence-electron chi connectivity index (χ0n) is 15.5. The third-order valence-corrected chi connectivity index (χ3v) is 4.96. The molecule has 7 heteroatoms. The maximum atomic E-state index is 13.0. The van der Waals surface area contributed by atoms with Crippen molar-refractivity contribution in [1.82, 2.24) is 24.6 Å². The van der Waals surface area contributed by atoms with Gasteiger partial charge in [0.25, 0.3) is 5.91 Å². The first-order valence-corrected chi connectivity index (χ1v) is 9.04. The lowest BCUT2D eigenvalue weighted by atomic mass is 10.0. The van der Waals surface area contributed by atoms with E-state index in [-0.39, 0.29) is 5.91 Å². The van der Waals surface area contributed by atoms with Gasteiger partial charge in [-0.05, 0) is 43.2 Å². The third-order valence-electron chi connectivity index (χ3n) is 4.96. The van der Waals surface area contributed by atoms with Gasteiger partial charge in [0.1, 0.15) is 0 Å². The smallest absolute Gasteiger partial charge is 0.254 e. The number of aromatic nitrogens is 4. The summed E-state index contributed by atoms with van der Waals surface area (Å²) in [6, 6.07) is 9.71. The maximum absolute atomic E-state index is 13.0. The van der Waals surface area contributed by atoms with Crippen LogP contribution >= 0.6 is 0 Å². The average Bonchev–Trinajstić information content (AvgIpc) is 3.11. The molecule has 0 spiro atoms. The lowest BCUT2D eigenvalue weighted by molar-refractivity contribution is 0.0705. The van der Waals surface area contributed by atoms with Crippen molar-refractivity contribution >= 4 is 11.9 Å². The van der Waals surface area contributed by atoms with Crippen LogP contribution in [0, 0.1) is 13.8 Å². The van der Waals surface area contributed by atoms with Crippen molar-refractivity contribution < 1.29 is 4.79 Å². The van der Waals surface area contributed by atoms with Crippen molar-refractivity contribution in [3.63, 3.8) is 0 Å². The molecule has 0 bridgehead atoms. The number of nitrogens with zero attached hydrogens (tertiary/aromatic N) is 5. The number of amides is 1. The van der Waals surface area contributed by atoms with Gasteiger partial charge in [0.05, 0.1) is 31.0 Å². The van der Waals surface area contributed by atoms with Crippen LogP contribution in [0.4, 0.5) is 5.95 Å². The first kappa shape index (κ1) is 17.2. The molecule has 3 aromatic rings. The normalized spacial score (nSPS) is 13.3. The van der Waals surface area contributed by atoms with Crippen LogP contribution in [-0.4, -0.2) is 37.1 Å². The van der Waals surface area contributed by atoms with E-state index >= 15 is 0 Å². The second kappa shape index (κ2) is 7.19. The van der Waals surface area contributed by atoms with E-state index in [1.807, 2.05) is 47.7 Å². The van der Waals surface area contributed by atoms with Gasteiger partial charge in [-0.15, -0.1) is 0 Å². The molecule has 2 aromatic heterocycles. The molecule has 1 aromatic carbocycles. The Kier molecular flexibility index (Phi) is 4.58. The van der Waals surface area contributed by atoms with Crippen LogP contribution in [0.2, 0.25) is 0 Å². The highest BCUT2D eigenvalue weighted by Gasteiger charge is 2.24. The minimum atomic E-state index is 0.0843. The van der Waals surface area contributed by atoms with Gasteiger partial charge in [-0.3, -0.25) is 9.48 Å².